The SMILES string of the molecule is CCCC[C@@H]1C(=O)N(C)CCN1C(=O)c1cccc(-c2nc(C)c(C)s2)c1. The summed E-state index contributed by atoms with van der Waals surface area (Å²) in [5.74, 6) is -0.0187. The van der Waals surface area contributed by atoms with Gasteiger partial charge < -0.3 is 9.80 Å². The van der Waals surface area contributed by atoms with E-state index in [0.717, 1.165) is 35.5 Å². The Labute approximate surface area is 165 Å². The number of benzene rings is 1. The number of carbonyl (C=O) groups is 2. The molecular formula is C21H27N3O2S. The third-order valence-corrected chi connectivity index (χ3v) is 6.31. The molecule has 1 aliphatic rings. The normalized spacial score (nSPS) is 17.5. The molecule has 3 rings (SSSR count). The average Bonchev–Trinajstić information content (AvgIpc) is 3.01. The fraction of sp³-hybridized carbons (Fsp3) is 0.476. The van der Waals surface area contributed by atoms with E-state index >= 15 is 0 Å². The number of aromatic nitrogens is 1. The molecule has 0 spiro atoms. The van der Waals surface area contributed by atoms with Gasteiger partial charge >= 0.3 is 0 Å². The minimum Gasteiger partial charge on any atom is -0.342 e. The van der Waals surface area contributed by atoms with Gasteiger partial charge in [-0.1, -0.05) is 31.9 Å². The summed E-state index contributed by atoms with van der Waals surface area (Å²) in [4.78, 5) is 35.1. The lowest BCUT2D eigenvalue weighted by molar-refractivity contribution is -0.138. The third kappa shape index (κ3) is 4.05. The third-order valence-electron chi connectivity index (χ3n) is 5.19. The summed E-state index contributed by atoms with van der Waals surface area (Å²) in [5, 5.41) is 0.927. The van der Waals surface area contributed by atoms with Gasteiger partial charge in [-0.2, -0.15) is 0 Å². The minimum atomic E-state index is -0.357. The zero-order valence-corrected chi connectivity index (χ0v) is 17.3. The Morgan fingerprint density at radius 1 is 1.30 bits per heavy atom. The van der Waals surface area contributed by atoms with Gasteiger partial charge in [0.25, 0.3) is 5.91 Å². The van der Waals surface area contributed by atoms with Gasteiger partial charge in [0.15, 0.2) is 0 Å². The summed E-state index contributed by atoms with van der Waals surface area (Å²) in [5.41, 5.74) is 2.60. The Hall–Kier alpha value is -2.21. The molecule has 2 aromatic rings. The Morgan fingerprint density at radius 2 is 2.07 bits per heavy atom. The second kappa shape index (κ2) is 8.21. The van der Waals surface area contributed by atoms with Crippen LogP contribution in [0.25, 0.3) is 10.6 Å². The highest BCUT2D eigenvalue weighted by molar-refractivity contribution is 7.15. The van der Waals surface area contributed by atoms with Crippen LogP contribution in [0.2, 0.25) is 0 Å². The van der Waals surface area contributed by atoms with Gasteiger partial charge in [-0.15, -0.1) is 11.3 Å². The number of hydrogen-bond acceptors (Lipinski definition) is 4. The van der Waals surface area contributed by atoms with Crippen molar-refractivity contribution in [2.75, 3.05) is 20.1 Å². The molecule has 144 valence electrons. The summed E-state index contributed by atoms with van der Waals surface area (Å²) in [6.07, 6.45) is 2.66. The fourth-order valence-electron chi connectivity index (χ4n) is 3.38. The molecule has 1 atom stereocenters. The van der Waals surface area contributed by atoms with E-state index in [-0.39, 0.29) is 17.9 Å². The van der Waals surface area contributed by atoms with Crippen molar-refractivity contribution in [3.05, 3.63) is 40.4 Å². The quantitative estimate of drug-likeness (QED) is 0.784. The molecule has 0 radical (unpaired) electrons. The first kappa shape index (κ1) is 19.5. The number of amides is 2. The molecule has 0 saturated carbocycles. The van der Waals surface area contributed by atoms with Crippen molar-refractivity contribution >= 4 is 23.2 Å². The van der Waals surface area contributed by atoms with Crippen molar-refractivity contribution in [1.82, 2.24) is 14.8 Å². The number of hydrogen-bond donors (Lipinski definition) is 0. The molecule has 1 aromatic carbocycles. The van der Waals surface area contributed by atoms with Crippen LogP contribution >= 0.6 is 11.3 Å². The molecule has 1 saturated heterocycles. The first-order valence-corrected chi connectivity index (χ1v) is 10.3. The number of nitrogens with zero attached hydrogens (tertiary/aromatic N) is 3. The number of aryl methyl sites for hydroxylation is 2. The van der Waals surface area contributed by atoms with E-state index in [1.807, 2.05) is 38.2 Å². The molecule has 1 aliphatic heterocycles. The maximum atomic E-state index is 13.2. The van der Waals surface area contributed by atoms with Crippen LogP contribution in [0.15, 0.2) is 24.3 Å². The molecule has 5 nitrogen and oxygen atoms in total. The van der Waals surface area contributed by atoms with Crippen LogP contribution < -0.4 is 0 Å². The number of likely N-dealkylation sites (N-methyl/N-ethyl adjacent to an activating group) is 1. The van der Waals surface area contributed by atoms with Crippen LogP contribution in [0, 0.1) is 13.8 Å². The van der Waals surface area contributed by atoms with Gasteiger partial charge in [0.05, 0.1) is 5.69 Å². The van der Waals surface area contributed by atoms with E-state index in [1.165, 1.54) is 4.88 Å². The summed E-state index contributed by atoms with van der Waals surface area (Å²) >= 11 is 1.64. The monoisotopic (exact) mass is 385 g/mol. The van der Waals surface area contributed by atoms with Gasteiger partial charge in [-0.25, -0.2) is 4.98 Å². The Bertz CT molecular complexity index is 826. The molecular weight excluding hydrogens is 358 g/mol. The second-order valence-electron chi connectivity index (χ2n) is 7.16. The maximum Gasteiger partial charge on any atom is 0.254 e. The topological polar surface area (TPSA) is 53.5 Å². The Kier molecular flexibility index (Phi) is 5.95. The number of piperazine rings is 1. The van der Waals surface area contributed by atoms with E-state index in [0.29, 0.717) is 18.7 Å². The van der Waals surface area contributed by atoms with E-state index in [4.69, 9.17) is 0 Å². The van der Waals surface area contributed by atoms with Crippen molar-refractivity contribution in [1.29, 1.82) is 0 Å². The van der Waals surface area contributed by atoms with E-state index < -0.39 is 0 Å². The first-order valence-electron chi connectivity index (χ1n) is 9.52. The van der Waals surface area contributed by atoms with Crippen LogP contribution in [0.3, 0.4) is 0 Å². The Balaban J connectivity index is 1.87. The number of rotatable bonds is 5. The van der Waals surface area contributed by atoms with Crippen LogP contribution in [-0.2, 0) is 4.79 Å². The molecule has 1 fully saturated rings. The molecule has 0 aliphatic carbocycles. The summed E-state index contributed by atoms with van der Waals surface area (Å²) in [6.45, 7) is 7.32. The predicted molar refractivity (Wildman–Crippen MR) is 109 cm³/mol. The van der Waals surface area contributed by atoms with Crippen LogP contribution in [0.5, 0.6) is 0 Å². The molecule has 1 aromatic heterocycles. The van der Waals surface area contributed by atoms with E-state index in [1.54, 1.807) is 21.1 Å². The maximum absolute atomic E-state index is 13.2. The standard InChI is InChI=1S/C21H27N3O2S/c1-5-6-10-18-21(26)23(4)11-12-24(18)20(25)17-9-7-8-16(13-17)19-22-14(2)15(3)27-19/h7-9,13,18H,5-6,10-12H2,1-4H3/t18-/m1/s1. The van der Waals surface area contributed by atoms with Crippen molar-refractivity contribution in [2.24, 2.45) is 0 Å². The van der Waals surface area contributed by atoms with Crippen LogP contribution in [0.1, 0.15) is 47.1 Å². The van der Waals surface area contributed by atoms with Crippen molar-refractivity contribution in [3.63, 3.8) is 0 Å². The lowest BCUT2D eigenvalue weighted by Crippen LogP contribution is -2.57. The molecule has 0 bridgehead atoms. The predicted octanol–water partition coefficient (Wildman–Crippen LogP) is 3.90. The van der Waals surface area contributed by atoms with Gasteiger partial charge in [0.2, 0.25) is 5.91 Å². The number of thiazole rings is 1. The van der Waals surface area contributed by atoms with Gasteiger partial charge in [-0.05, 0) is 32.4 Å². The highest BCUT2D eigenvalue weighted by Crippen LogP contribution is 2.28. The largest absolute Gasteiger partial charge is 0.342 e. The van der Waals surface area contributed by atoms with Gasteiger partial charge in [0, 0.05) is 36.1 Å². The summed E-state index contributed by atoms with van der Waals surface area (Å²) in [6, 6.07) is 7.26. The minimum absolute atomic E-state index is 0.0466. The van der Waals surface area contributed by atoms with Crippen molar-refractivity contribution in [3.8, 4) is 10.6 Å². The highest BCUT2D eigenvalue weighted by Gasteiger charge is 2.35. The average molecular weight is 386 g/mol. The molecule has 2 heterocycles. The van der Waals surface area contributed by atoms with Gasteiger partial charge in [-0.3, -0.25) is 9.59 Å². The van der Waals surface area contributed by atoms with Crippen LogP contribution in [0.4, 0.5) is 0 Å². The van der Waals surface area contributed by atoms with Crippen molar-refractivity contribution in [2.45, 2.75) is 46.1 Å². The van der Waals surface area contributed by atoms with Crippen molar-refractivity contribution < 1.29 is 9.59 Å². The Morgan fingerprint density at radius 3 is 2.74 bits per heavy atom. The van der Waals surface area contributed by atoms with E-state index in [9.17, 15) is 9.59 Å². The lowest BCUT2D eigenvalue weighted by atomic mass is 10.0. The summed E-state index contributed by atoms with van der Waals surface area (Å²) in [7, 11) is 1.82. The van der Waals surface area contributed by atoms with E-state index in [2.05, 4.69) is 18.8 Å². The first-order chi connectivity index (χ1) is 12.9. The fourth-order valence-corrected chi connectivity index (χ4v) is 4.29. The molecule has 0 N–H and O–H groups in total. The zero-order chi connectivity index (χ0) is 19.6. The number of unbranched alkanes of at least 4 members (excludes halogenated alkanes) is 1. The zero-order valence-electron chi connectivity index (χ0n) is 16.5. The smallest absolute Gasteiger partial charge is 0.254 e. The summed E-state index contributed by atoms with van der Waals surface area (Å²) < 4.78 is 0. The highest BCUT2D eigenvalue weighted by atomic mass is 32.1. The number of carbonyl (C=O) groups excluding carboxylic acids is 2. The molecule has 27 heavy (non-hydrogen) atoms. The molecule has 6 heteroatoms. The van der Waals surface area contributed by atoms with Crippen LogP contribution in [-0.4, -0.2) is 52.8 Å². The molecule has 2 amide bonds. The molecule has 0 unspecified atom stereocenters. The second-order valence-corrected chi connectivity index (χ2v) is 8.36. The lowest BCUT2D eigenvalue weighted by Gasteiger charge is -2.39. The van der Waals surface area contributed by atoms with Gasteiger partial charge in [0.1, 0.15) is 11.0 Å².